The highest BCUT2D eigenvalue weighted by molar-refractivity contribution is 5.75. The lowest BCUT2D eigenvalue weighted by Crippen LogP contribution is -2.43. The van der Waals surface area contributed by atoms with Gasteiger partial charge in [0.2, 0.25) is 0 Å². The van der Waals surface area contributed by atoms with Crippen LogP contribution < -0.4 is 0 Å². The standard InChI is InChI=1S/C11H21NO4/c1-12(2)7-9(13)6-11(10(14)15)4-3-5-16-8-11/h9,13H,3-8H2,1-2H3,(H,14,15)/t9-,11-/m0/s1. The number of carbonyl (C=O) groups is 1. The fourth-order valence-corrected chi connectivity index (χ4v) is 2.21. The van der Waals surface area contributed by atoms with Crippen LogP contribution in [-0.4, -0.2) is 61.0 Å². The second kappa shape index (κ2) is 5.61. The fourth-order valence-electron chi connectivity index (χ4n) is 2.21. The molecule has 0 spiro atoms. The van der Waals surface area contributed by atoms with Gasteiger partial charge >= 0.3 is 5.97 Å². The van der Waals surface area contributed by atoms with Crippen LogP contribution in [0.5, 0.6) is 0 Å². The number of carboxylic acids is 1. The second-order valence-corrected chi connectivity index (χ2v) is 4.86. The minimum Gasteiger partial charge on any atom is -0.481 e. The maximum absolute atomic E-state index is 11.3. The van der Waals surface area contributed by atoms with Crippen LogP contribution in [0, 0.1) is 5.41 Å². The summed E-state index contributed by atoms with van der Waals surface area (Å²) in [5, 5.41) is 19.1. The highest BCUT2D eigenvalue weighted by atomic mass is 16.5. The molecule has 1 aliphatic rings. The van der Waals surface area contributed by atoms with E-state index >= 15 is 0 Å². The molecule has 0 unspecified atom stereocenters. The van der Waals surface area contributed by atoms with Crippen molar-refractivity contribution >= 4 is 5.97 Å². The van der Waals surface area contributed by atoms with Gasteiger partial charge in [-0.05, 0) is 33.4 Å². The Hall–Kier alpha value is -0.650. The molecule has 1 heterocycles. The molecule has 94 valence electrons. The highest BCUT2D eigenvalue weighted by Gasteiger charge is 2.42. The van der Waals surface area contributed by atoms with E-state index in [4.69, 9.17) is 4.74 Å². The Labute approximate surface area is 96.0 Å². The smallest absolute Gasteiger partial charge is 0.312 e. The van der Waals surface area contributed by atoms with Crippen molar-refractivity contribution in [1.29, 1.82) is 0 Å². The minimum atomic E-state index is -0.895. The molecule has 1 aliphatic heterocycles. The van der Waals surface area contributed by atoms with Crippen molar-refractivity contribution < 1.29 is 19.7 Å². The lowest BCUT2D eigenvalue weighted by Gasteiger charge is -2.35. The van der Waals surface area contributed by atoms with Crippen molar-refractivity contribution in [3.63, 3.8) is 0 Å². The monoisotopic (exact) mass is 231 g/mol. The number of nitrogens with zero attached hydrogens (tertiary/aromatic N) is 1. The number of likely N-dealkylation sites (N-methyl/N-ethyl adjacent to an activating group) is 1. The summed E-state index contributed by atoms with van der Waals surface area (Å²) in [5.41, 5.74) is -0.895. The number of aliphatic hydroxyl groups is 1. The van der Waals surface area contributed by atoms with Gasteiger partial charge in [-0.25, -0.2) is 0 Å². The van der Waals surface area contributed by atoms with Crippen LogP contribution >= 0.6 is 0 Å². The van der Waals surface area contributed by atoms with E-state index in [0.29, 0.717) is 19.6 Å². The van der Waals surface area contributed by atoms with E-state index in [1.54, 1.807) is 0 Å². The second-order valence-electron chi connectivity index (χ2n) is 4.86. The number of hydrogen-bond acceptors (Lipinski definition) is 4. The molecule has 5 nitrogen and oxygen atoms in total. The van der Waals surface area contributed by atoms with Crippen LogP contribution in [0.15, 0.2) is 0 Å². The molecule has 0 amide bonds. The minimum absolute atomic E-state index is 0.215. The number of ether oxygens (including phenoxy) is 1. The van der Waals surface area contributed by atoms with Crippen LogP contribution in [0.25, 0.3) is 0 Å². The van der Waals surface area contributed by atoms with Gasteiger partial charge in [-0.15, -0.1) is 0 Å². The molecule has 1 rings (SSSR count). The van der Waals surface area contributed by atoms with Crippen molar-refractivity contribution in [2.75, 3.05) is 33.9 Å². The number of rotatable bonds is 5. The molecule has 1 saturated heterocycles. The van der Waals surface area contributed by atoms with E-state index in [2.05, 4.69) is 0 Å². The summed E-state index contributed by atoms with van der Waals surface area (Å²) >= 11 is 0. The Kier molecular flexibility index (Phi) is 4.70. The van der Waals surface area contributed by atoms with Gasteiger partial charge in [0.1, 0.15) is 0 Å². The van der Waals surface area contributed by atoms with Crippen molar-refractivity contribution in [3.8, 4) is 0 Å². The van der Waals surface area contributed by atoms with E-state index in [0.717, 1.165) is 6.42 Å². The van der Waals surface area contributed by atoms with Gasteiger partial charge < -0.3 is 19.8 Å². The summed E-state index contributed by atoms with van der Waals surface area (Å²) in [5.74, 6) is -0.856. The van der Waals surface area contributed by atoms with Crippen molar-refractivity contribution in [3.05, 3.63) is 0 Å². The first-order valence-corrected chi connectivity index (χ1v) is 5.60. The van der Waals surface area contributed by atoms with E-state index < -0.39 is 17.5 Å². The number of carboxylic acid groups (broad SMARTS) is 1. The number of aliphatic carboxylic acids is 1. The zero-order valence-electron chi connectivity index (χ0n) is 9.98. The Morgan fingerprint density at radius 1 is 1.56 bits per heavy atom. The maximum atomic E-state index is 11.3. The number of aliphatic hydroxyl groups excluding tert-OH is 1. The Morgan fingerprint density at radius 3 is 2.69 bits per heavy atom. The molecule has 0 aromatic carbocycles. The van der Waals surface area contributed by atoms with Gasteiger partial charge in [0.05, 0.1) is 18.1 Å². The molecule has 5 heteroatoms. The first kappa shape index (κ1) is 13.4. The molecule has 0 radical (unpaired) electrons. The van der Waals surface area contributed by atoms with Crippen LogP contribution in [0.4, 0.5) is 0 Å². The molecule has 2 atom stereocenters. The molecule has 0 aromatic heterocycles. The average Bonchev–Trinajstić information content (AvgIpc) is 2.17. The summed E-state index contributed by atoms with van der Waals surface area (Å²) in [7, 11) is 3.71. The normalized spacial score (nSPS) is 28.0. The quantitative estimate of drug-likeness (QED) is 0.706. The van der Waals surface area contributed by atoms with Crippen LogP contribution in [0.3, 0.4) is 0 Å². The van der Waals surface area contributed by atoms with Crippen molar-refractivity contribution in [2.24, 2.45) is 5.41 Å². The molecule has 1 fully saturated rings. The third-order valence-electron chi connectivity index (χ3n) is 2.98. The SMILES string of the molecule is CN(C)C[C@@H](O)C[C@@]1(C(=O)O)CCCOC1. The van der Waals surface area contributed by atoms with Gasteiger partial charge in [-0.1, -0.05) is 0 Å². The lowest BCUT2D eigenvalue weighted by molar-refractivity contribution is -0.160. The zero-order valence-corrected chi connectivity index (χ0v) is 9.98. The van der Waals surface area contributed by atoms with E-state index in [1.165, 1.54) is 0 Å². The van der Waals surface area contributed by atoms with Gasteiger partial charge in [0, 0.05) is 13.2 Å². The summed E-state index contributed by atoms with van der Waals surface area (Å²) in [4.78, 5) is 13.1. The lowest BCUT2D eigenvalue weighted by atomic mass is 9.77. The van der Waals surface area contributed by atoms with E-state index in [1.807, 2.05) is 19.0 Å². The van der Waals surface area contributed by atoms with Gasteiger partial charge in [0.15, 0.2) is 0 Å². The molecular weight excluding hydrogens is 210 g/mol. The topological polar surface area (TPSA) is 70.0 Å². The first-order chi connectivity index (χ1) is 7.46. The Morgan fingerprint density at radius 2 is 2.25 bits per heavy atom. The highest BCUT2D eigenvalue weighted by Crippen LogP contribution is 2.34. The maximum Gasteiger partial charge on any atom is 0.312 e. The molecule has 0 aliphatic carbocycles. The Balaban J connectivity index is 2.60. The largest absolute Gasteiger partial charge is 0.481 e. The van der Waals surface area contributed by atoms with E-state index in [9.17, 15) is 15.0 Å². The number of hydrogen-bond donors (Lipinski definition) is 2. The van der Waals surface area contributed by atoms with Gasteiger partial charge in [-0.2, -0.15) is 0 Å². The summed E-state index contributed by atoms with van der Waals surface area (Å²) in [6.45, 7) is 1.32. The fraction of sp³-hybridized carbons (Fsp3) is 0.909. The average molecular weight is 231 g/mol. The predicted octanol–water partition coefficient (Wildman–Crippen LogP) is 0.180. The van der Waals surface area contributed by atoms with Crippen LogP contribution in [-0.2, 0) is 9.53 Å². The molecular formula is C11H21NO4. The Bertz CT molecular complexity index is 236. The molecule has 0 bridgehead atoms. The summed E-state index contributed by atoms with van der Waals surface area (Å²) in [6.07, 6.45) is 0.988. The molecule has 16 heavy (non-hydrogen) atoms. The first-order valence-electron chi connectivity index (χ1n) is 5.60. The van der Waals surface area contributed by atoms with Crippen LogP contribution in [0.2, 0.25) is 0 Å². The third-order valence-corrected chi connectivity index (χ3v) is 2.98. The molecule has 0 aromatic rings. The van der Waals surface area contributed by atoms with Gasteiger partial charge in [0.25, 0.3) is 0 Å². The van der Waals surface area contributed by atoms with Crippen molar-refractivity contribution in [2.45, 2.75) is 25.4 Å². The molecule has 0 saturated carbocycles. The predicted molar refractivity (Wildman–Crippen MR) is 59.3 cm³/mol. The van der Waals surface area contributed by atoms with Crippen molar-refractivity contribution in [1.82, 2.24) is 4.90 Å². The summed E-state index contributed by atoms with van der Waals surface area (Å²) in [6, 6.07) is 0. The van der Waals surface area contributed by atoms with E-state index in [-0.39, 0.29) is 13.0 Å². The van der Waals surface area contributed by atoms with Crippen LogP contribution in [0.1, 0.15) is 19.3 Å². The zero-order chi connectivity index (χ0) is 12.2. The molecule has 2 N–H and O–H groups in total. The summed E-state index contributed by atoms with van der Waals surface area (Å²) < 4.78 is 5.25. The van der Waals surface area contributed by atoms with Gasteiger partial charge in [-0.3, -0.25) is 4.79 Å². The third kappa shape index (κ3) is 3.43.